The van der Waals surface area contributed by atoms with Gasteiger partial charge >= 0.3 is 12.1 Å². The Bertz CT molecular complexity index is 464. The predicted octanol–water partition coefficient (Wildman–Crippen LogP) is 7.29. The average molecular weight is 440 g/mol. The summed E-state index contributed by atoms with van der Waals surface area (Å²) >= 11 is 0. The van der Waals surface area contributed by atoms with Crippen molar-refractivity contribution in [1.29, 1.82) is 0 Å². The molecule has 31 heavy (non-hydrogen) atoms. The van der Waals surface area contributed by atoms with Crippen LogP contribution in [0.15, 0.2) is 12.7 Å². The van der Waals surface area contributed by atoms with Crippen molar-refractivity contribution < 1.29 is 19.1 Å². The van der Waals surface area contributed by atoms with E-state index in [1.165, 1.54) is 75.5 Å². The predicted molar refractivity (Wildman–Crippen MR) is 129 cm³/mol. The summed E-state index contributed by atoms with van der Waals surface area (Å²) in [7, 11) is 1.59. The normalized spacial score (nSPS) is 11.9. The zero-order valence-corrected chi connectivity index (χ0v) is 20.8. The van der Waals surface area contributed by atoms with E-state index >= 15 is 0 Å². The standard InChI is InChI=1S/C26H49NO4/c1-6-8-10-11-12-13-14-15-16-17-18-19-20-22-30-25(28)24(23(3)4)27(5)26(29)31-21-9-7-2/h7,23-24H,2,6,8-22H2,1,3-5H3. The van der Waals surface area contributed by atoms with E-state index < -0.39 is 12.1 Å². The molecule has 0 rings (SSSR count). The summed E-state index contributed by atoms with van der Waals surface area (Å²) < 4.78 is 10.6. The van der Waals surface area contributed by atoms with Gasteiger partial charge in [0, 0.05) is 7.05 Å². The second-order valence-corrected chi connectivity index (χ2v) is 8.90. The van der Waals surface area contributed by atoms with Gasteiger partial charge in [-0.15, -0.1) is 6.58 Å². The molecule has 1 amide bonds. The van der Waals surface area contributed by atoms with Crippen LogP contribution in [0.2, 0.25) is 0 Å². The molecule has 0 aromatic rings. The molecule has 0 aliphatic carbocycles. The minimum absolute atomic E-state index is 0.0453. The van der Waals surface area contributed by atoms with Gasteiger partial charge in [0.2, 0.25) is 0 Å². The maximum absolute atomic E-state index is 12.5. The zero-order chi connectivity index (χ0) is 23.3. The van der Waals surface area contributed by atoms with Crippen molar-refractivity contribution in [3.63, 3.8) is 0 Å². The number of carbonyl (C=O) groups is 2. The molecule has 0 saturated carbocycles. The molecule has 0 radical (unpaired) electrons. The Morgan fingerprint density at radius 3 is 1.74 bits per heavy atom. The third-order valence-electron chi connectivity index (χ3n) is 5.62. The van der Waals surface area contributed by atoms with E-state index in [-0.39, 0.29) is 18.5 Å². The number of amides is 1. The van der Waals surface area contributed by atoms with E-state index in [1.54, 1.807) is 13.1 Å². The minimum atomic E-state index is -0.627. The van der Waals surface area contributed by atoms with Crippen LogP contribution in [0.25, 0.3) is 0 Å². The Morgan fingerprint density at radius 1 is 0.806 bits per heavy atom. The van der Waals surface area contributed by atoms with Crippen LogP contribution in [-0.4, -0.2) is 43.3 Å². The lowest BCUT2D eigenvalue weighted by Gasteiger charge is -2.28. The van der Waals surface area contributed by atoms with Crippen molar-refractivity contribution in [2.24, 2.45) is 5.92 Å². The second kappa shape index (κ2) is 20.4. The first-order chi connectivity index (χ1) is 15.0. The Hall–Kier alpha value is -1.52. The fourth-order valence-electron chi connectivity index (χ4n) is 3.70. The molecule has 0 bridgehead atoms. The fourth-order valence-corrected chi connectivity index (χ4v) is 3.70. The van der Waals surface area contributed by atoms with E-state index in [4.69, 9.17) is 9.47 Å². The van der Waals surface area contributed by atoms with Gasteiger partial charge in [-0.2, -0.15) is 0 Å². The second-order valence-electron chi connectivity index (χ2n) is 8.90. The monoisotopic (exact) mass is 439 g/mol. The number of unbranched alkanes of at least 4 members (excludes halogenated alkanes) is 12. The smallest absolute Gasteiger partial charge is 0.410 e. The molecule has 0 aromatic carbocycles. The topological polar surface area (TPSA) is 55.8 Å². The molecule has 0 saturated heterocycles. The first kappa shape index (κ1) is 29.5. The van der Waals surface area contributed by atoms with Gasteiger partial charge in [-0.3, -0.25) is 4.90 Å². The van der Waals surface area contributed by atoms with E-state index in [9.17, 15) is 9.59 Å². The molecular formula is C26H49NO4. The quantitative estimate of drug-likeness (QED) is 0.113. The summed E-state index contributed by atoms with van der Waals surface area (Å²) in [5.74, 6) is -0.395. The van der Waals surface area contributed by atoms with Crippen LogP contribution < -0.4 is 0 Å². The first-order valence-electron chi connectivity index (χ1n) is 12.6. The maximum atomic E-state index is 12.5. The Kier molecular flexibility index (Phi) is 19.4. The van der Waals surface area contributed by atoms with Crippen molar-refractivity contribution >= 4 is 12.1 Å². The van der Waals surface area contributed by atoms with Crippen molar-refractivity contribution in [3.8, 4) is 0 Å². The Morgan fingerprint density at radius 2 is 1.29 bits per heavy atom. The summed E-state index contributed by atoms with van der Waals surface area (Å²) in [5.41, 5.74) is 0. The van der Waals surface area contributed by atoms with Gasteiger partial charge in [-0.1, -0.05) is 104 Å². The molecular weight excluding hydrogens is 390 g/mol. The summed E-state index contributed by atoms with van der Waals surface area (Å²) in [6.07, 6.45) is 18.5. The molecule has 0 N–H and O–H groups in total. The van der Waals surface area contributed by atoms with Crippen molar-refractivity contribution in [3.05, 3.63) is 12.7 Å². The molecule has 0 aliphatic heterocycles. The summed E-state index contributed by atoms with van der Waals surface area (Å²) in [6, 6.07) is -0.627. The van der Waals surface area contributed by atoms with Crippen LogP contribution in [0.1, 0.15) is 111 Å². The molecule has 0 fully saturated rings. The highest BCUT2D eigenvalue weighted by atomic mass is 16.6. The van der Waals surface area contributed by atoms with Crippen LogP contribution in [0, 0.1) is 5.92 Å². The number of ether oxygens (including phenoxy) is 2. The third kappa shape index (κ3) is 15.9. The number of nitrogens with zero attached hydrogens (tertiary/aromatic N) is 1. The molecule has 0 spiro atoms. The summed E-state index contributed by atoms with van der Waals surface area (Å²) in [4.78, 5) is 26.0. The maximum Gasteiger partial charge on any atom is 0.410 e. The number of hydrogen-bond acceptors (Lipinski definition) is 4. The van der Waals surface area contributed by atoms with Crippen molar-refractivity contribution in [2.75, 3.05) is 20.3 Å². The Labute approximate surface area is 191 Å². The zero-order valence-electron chi connectivity index (χ0n) is 20.8. The van der Waals surface area contributed by atoms with Gasteiger partial charge in [0.15, 0.2) is 0 Å². The molecule has 1 atom stereocenters. The van der Waals surface area contributed by atoms with Gasteiger partial charge in [0.05, 0.1) is 13.2 Å². The molecule has 5 nitrogen and oxygen atoms in total. The van der Waals surface area contributed by atoms with E-state index in [2.05, 4.69) is 13.5 Å². The van der Waals surface area contributed by atoms with E-state index in [1.807, 2.05) is 13.8 Å². The molecule has 5 heteroatoms. The van der Waals surface area contributed by atoms with Gasteiger partial charge in [-0.25, -0.2) is 9.59 Å². The molecule has 0 aliphatic rings. The molecule has 182 valence electrons. The lowest BCUT2D eigenvalue weighted by Crippen LogP contribution is -2.46. The summed E-state index contributed by atoms with van der Waals surface area (Å²) in [6.45, 7) is 10.4. The molecule has 0 heterocycles. The molecule has 0 aromatic heterocycles. The number of likely N-dealkylation sites (N-methyl/N-ethyl adjacent to an activating group) is 1. The van der Waals surface area contributed by atoms with Gasteiger partial charge in [0.25, 0.3) is 0 Å². The number of carbonyl (C=O) groups excluding carboxylic acids is 2. The van der Waals surface area contributed by atoms with Gasteiger partial charge < -0.3 is 9.47 Å². The highest BCUT2D eigenvalue weighted by molar-refractivity contribution is 5.81. The van der Waals surface area contributed by atoms with Gasteiger partial charge in [0.1, 0.15) is 6.04 Å². The van der Waals surface area contributed by atoms with Crippen LogP contribution in [-0.2, 0) is 14.3 Å². The highest BCUT2D eigenvalue weighted by Gasteiger charge is 2.32. The largest absolute Gasteiger partial charge is 0.464 e. The first-order valence-corrected chi connectivity index (χ1v) is 12.6. The van der Waals surface area contributed by atoms with Crippen LogP contribution in [0.3, 0.4) is 0 Å². The van der Waals surface area contributed by atoms with Crippen LogP contribution in [0.5, 0.6) is 0 Å². The van der Waals surface area contributed by atoms with E-state index in [0.717, 1.165) is 12.8 Å². The lowest BCUT2D eigenvalue weighted by molar-refractivity contribution is -0.150. The minimum Gasteiger partial charge on any atom is -0.464 e. The number of rotatable bonds is 20. The van der Waals surface area contributed by atoms with Crippen molar-refractivity contribution in [2.45, 2.75) is 117 Å². The average Bonchev–Trinajstić information content (AvgIpc) is 2.73. The SMILES string of the molecule is C=CCCOC(=O)N(C)C(C(=O)OCCCCCCCCCCCCCCC)C(C)C. The van der Waals surface area contributed by atoms with Crippen LogP contribution >= 0.6 is 0 Å². The van der Waals surface area contributed by atoms with Crippen molar-refractivity contribution in [1.82, 2.24) is 4.90 Å². The Balaban J connectivity index is 3.83. The van der Waals surface area contributed by atoms with E-state index in [0.29, 0.717) is 13.0 Å². The summed E-state index contributed by atoms with van der Waals surface area (Å²) in [5, 5.41) is 0. The highest BCUT2D eigenvalue weighted by Crippen LogP contribution is 2.15. The lowest BCUT2D eigenvalue weighted by atomic mass is 10.0. The molecule has 1 unspecified atom stereocenters. The third-order valence-corrected chi connectivity index (χ3v) is 5.62. The van der Waals surface area contributed by atoms with Crippen LogP contribution in [0.4, 0.5) is 4.79 Å². The fraction of sp³-hybridized carbons (Fsp3) is 0.846. The number of hydrogen-bond donors (Lipinski definition) is 0. The van der Waals surface area contributed by atoms with Gasteiger partial charge in [-0.05, 0) is 18.8 Å². The number of esters is 1.